The van der Waals surface area contributed by atoms with Gasteiger partial charge in [0, 0.05) is 50.8 Å². The minimum absolute atomic E-state index is 0.0234. The molecule has 0 bridgehead atoms. The number of urea groups is 1. The van der Waals surface area contributed by atoms with E-state index in [9.17, 15) is 4.79 Å². The molecule has 1 aromatic heterocycles. The van der Waals surface area contributed by atoms with Crippen molar-refractivity contribution in [1.29, 1.82) is 0 Å². The molecule has 1 N–H and O–H groups in total. The molecule has 2 amide bonds. The fourth-order valence-electron chi connectivity index (χ4n) is 4.00. The van der Waals surface area contributed by atoms with Crippen LogP contribution in [0.15, 0.2) is 35.8 Å². The maximum atomic E-state index is 12.5. The number of piperazine rings is 1. The predicted octanol–water partition coefficient (Wildman–Crippen LogP) is 3.41. The van der Waals surface area contributed by atoms with Crippen LogP contribution in [0, 0.1) is 5.92 Å². The van der Waals surface area contributed by atoms with Gasteiger partial charge in [-0.15, -0.1) is 11.3 Å². The summed E-state index contributed by atoms with van der Waals surface area (Å²) in [6.07, 6.45) is 4.45. The highest BCUT2D eigenvalue weighted by molar-refractivity contribution is 7.13. The van der Waals surface area contributed by atoms with Gasteiger partial charge in [0.05, 0.1) is 0 Å². The van der Waals surface area contributed by atoms with Crippen LogP contribution in [0.25, 0.3) is 0 Å². The Morgan fingerprint density at radius 3 is 2.41 bits per heavy atom. The van der Waals surface area contributed by atoms with Gasteiger partial charge in [-0.05, 0) is 43.0 Å². The molecule has 0 radical (unpaired) electrons. The lowest BCUT2D eigenvalue weighted by molar-refractivity contribution is 0.185. The van der Waals surface area contributed by atoms with Crippen LogP contribution in [0.1, 0.15) is 30.9 Å². The van der Waals surface area contributed by atoms with Gasteiger partial charge in [-0.2, -0.15) is 0 Å². The van der Waals surface area contributed by atoms with Crippen molar-refractivity contribution in [1.82, 2.24) is 20.1 Å². The molecule has 156 valence electrons. The summed E-state index contributed by atoms with van der Waals surface area (Å²) in [6, 6.07) is 8.71. The lowest BCUT2D eigenvalue weighted by atomic mass is 9.99. The SMILES string of the molecule is CC1CCN(Cc2ccc(CNC(=O)N3CCN(c4nccs4)CC3)cc2)CC1. The number of anilines is 1. The second-order valence-electron chi connectivity index (χ2n) is 8.22. The van der Waals surface area contributed by atoms with E-state index in [2.05, 4.69) is 51.3 Å². The van der Waals surface area contributed by atoms with Crippen LogP contribution in [0.3, 0.4) is 0 Å². The molecule has 2 fully saturated rings. The van der Waals surface area contributed by atoms with Crippen molar-refractivity contribution < 1.29 is 4.79 Å². The Morgan fingerprint density at radius 2 is 1.76 bits per heavy atom. The van der Waals surface area contributed by atoms with Gasteiger partial charge in [0.2, 0.25) is 0 Å². The number of benzene rings is 1. The van der Waals surface area contributed by atoms with Gasteiger partial charge in [0.15, 0.2) is 5.13 Å². The van der Waals surface area contributed by atoms with Crippen LogP contribution < -0.4 is 10.2 Å². The highest BCUT2D eigenvalue weighted by atomic mass is 32.1. The fraction of sp³-hybridized carbons (Fsp3) is 0.545. The number of amides is 2. The predicted molar refractivity (Wildman–Crippen MR) is 118 cm³/mol. The summed E-state index contributed by atoms with van der Waals surface area (Å²) in [5, 5.41) is 6.11. The molecular weight excluding hydrogens is 382 g/mol. The largest absolute Gasteiger partial charge is 0.345 e. The molecule has 0 unspecified atom stereocenters. The number of thiazole rings is 1. The van der Waals surface area contributed by atoms with E-state index >= 15 is 0 Å². The Balaban J connectivity index is 1.19. The first-order chi connectivity index (χ1) is 14.2. The van der Waals surface area contributed by atoms with E-state index < -0.39 is 0 Å². The maximum absolute atomic E-state index is 12.5. The van der Waals surface area contributed by atoms with Crippen LogP contribution in [-0.2, 0) is 13.1 Å². The van der Waals surface area contributed by atoms with E-state index in [0.29, 0.717) is 6.54 Å². The first-order valence-electron chi connectivity index (χ1n) is 10.6. The van der Waals surface area contributed by atoms with Gasteiger partial charge in [0.25, 0.3) is 0 Å². The number of piperidine rings is 1. The molecule has 3 heterocycles. The van der Waals surface area contributed by atoms with E-state index in [1.165, 1.54) is 31.5 Å². The highest BCUT2D eigenvalue weighted by Gasteiger charge is 2.22. The molecular formula is C22H31N5OS. The first-order valence-corrected chi connectivity index (χ1v) is 11.5. The van der Waals surface area contributed by atoms with Crippen LogP contribution in [0.4, 0.5) is 9.93 Å². The van der Waals surface area contributed by atoms with Gasteiger partial charge in [-0.1, -0.05) is 31.2 Å². The summed E-state index contributed by atoms with van der Waals surface area (Å²) in [4.78, 5) is 23.5. The number of nitrogens with one attached hydrogen (secondary N) is 1. The van der Waals surface area contributed by atoms with E-state index in [1.807, 2.05) is 16.5 Å². The van der Waals surface area contributed by atoms with Crippen molar-refractivity contribution in [3.63, 3.8) is 0 Å². The molecule has 6 nitrogen and oxygen atoms in total. The lowest BCUT2D eigenvalue weighted by Crippen LogP contribution is -2.51. The number of carbonyl (C=O) groups is 1. The molecule has 1 aromatic carbocycles. The normalized spacial score (nSPS) is 18.8. The van der Waals surface area contributed by atoms with Gasteiger partial charge in [0.1, 0.15) is 0 Å². The van der Waals surface area contributed by atoms with E-state index in [4.69, 9.17) is 0 Å². The number of likely N-dealkylation sites (tertiary alicyclic amines) is 1. The van der Waals surface area contributed by atoms with Crippen molar-refractivity contribution in [2.24, 2.45) is 5.92 Å². The number of aromatic nitrogens is 1. The van der Waals surface area contributed by atoms with Crippen molar-refractivity contribution in [2.75, 3.05) is 44.2 Å². The zero-order valence-electron chi connectivity index (χ0n) is 17.2. The Hall–Kier alpha value is -2.12. The molecule has 4 rings (SSSR count). The monoisotopic (exact) mass is 413 g/mol. The minimum atomic E-state index is 0.0234. The average molecular weight is 414 g/mol. The highest BCUT2D eigenvalue weighted by Crippen LogP contribution is 2.19. The zero-order valence-corrected chi connectivity index (χ0v) is 18.0. The van der Waals surface area contributed by atoms with Crippen LogP contribution >= 0.6 is 11.3 Å². The second-order valence-corrected chi connectivity index (χ2v) is 9.10. The van der Waals surface area contributed by atoms with Crippen molar-refractivity contribution in [3.8, 4) is 0 Å². The third-order valence-electron chi connectivity index (χ3n) is 6.01. The number of hydrogen-bond donors (Lipinski definition) is 1. The van der Waals surface area contributed by atoms with Crippen molar-refractivity contribution >= 4 is 22.5 Å². The van der Waals surface area contributed by atoms with Crippen molar-refractivity contribution in [2.45, 2.75) is 32.9 Å². The molecule has 0 saturated carbocycles. The molecule has 29 heavy (non-hydrogen) atoms. The first kappa shape index (κ1) is 20.2. The standard InChI is InChI=1S/C22H31N5OS/c1-18-6-9-25(10-7-18)17-20-4-2-19(3-5-20)16-24-21(28)26-11-13-27(14-12-26)22-23-8-15-29-22/h2-5,8,15,18H,6-7,9-14,16-17H2,1H3,(H,24,28). The maximum Gasteiger partial charge on any atom is 0.317 e. The van der Waals surface area contributed by atoms with E-state index in [0.717, 1.165) is 49.3 Å². The summed E-state index contributed by atoms with van der Waals surface area (Å²) in [5.74, 6) is 0.868. The molecule has 2 aromatic rings. The third kappa shape index (κ3) is 5.48. The third-order valence-corrected chi connectivity index (χ3v) is 6.84. The Morgan fingerprint density at radius 1 is 1.07 bits per heavy atom. The minimum Gasteiger partial charge on any atom is -0.345 e. The summed E-state index contributed by atoms with van der Waals surface area (Å²) in [5.41, 5.74) is 2.50. The van der Waals surface area contributed by atoms with Crippen LogP contribution in [0.5, 0.6) is 0 Å². The molecule has 2 aliphatic heterocycles. The number of carbonyl (C=O) groups excluding carboxylic acids is 1. The summed E-state index contributed by atoms with van der Waals surface area (Å²) in [6.45, 7) is 9.51. The summed E-state index contributed by atoms with van der Waals surface area (Å²) in [7, 11) is 0. The van der Waals surface area contributed by atoms with Gasteiger partial charge >= 0.3 is 6.03 Å². The molecule has 2 saturated heterocycles. The fourth-order valence-corrected chi connectivity index (χ4v) is 4.70. The molecule has 0 spiro atoms. The number of hydrogen-bond acceptors (Lipinski definition) is 5. The van der Waals surface area contributed by atoms with Gasteiger partial charge < -0.3 is 15.1 Å². The summed E-state index contributed by atoms with van der Waals surface area (Å²) < 4.78 is 0. The number of nitrogens with zero attached hydrogens (tertiary/aromatic N) is 4. The van der Waals surface area contributed by atoms with Gasteiger partial charge in [-0.25, -0.2) is 9.78 Å². The topological polar surface area (TPSA) is 51.7 Å². The van der Waals surface area contributed by atoms with Crippen LogP contribution in [-0.4, -0.2) is 60.1 Å². The Labute approximate surface area is 177 Å². The smallest absolute Gasteiger partial charge is 0.317 e. The Kier molecular flexibility index (Phi) is 6.67. The summed E-state index contributed by atoms with van der Waals surface area (Å²) >= 11 is 1.65. The van der Waals surface area contributed by atoms with E-state index in [1.54, 1.807) is 11.3 Å². The second kappa shape index (κ2) is 9.59. The van der Waals surface area contributed by atoms with Crippen molar-refractivity contribution in [3.05, 3.63) is 47.0 Å². The Bertz CT molecular complexity index is 763. The molecule has 0 aliphatic carbocycles. The molecule has 0 atom stereocenters. The average Bonchev–Trinajstić information content (AvgIpc) is 3.30. The van der Waals surface area contributed by atoms with Gasteiger partial charge in [-0.3, -0.25) is 4.90 Å². The van der Waals surface area contributed by atoms with E-state index in [-0.39, 0.29) is 6.03 Å². The lowest BCUT2D eigenvalue weighted by Gasteiger charge is -2.34. The molecule has 2 aliphatic rings. The zero-order chi connectivity index (χ0) is 20.1. The number of rotatable bonds is 5. The van der Waals surface area contributed by atoms with Crippen LogP contribution in [0.2, 0.25) is 0 Å². The molecule has 7 heteroatoms. The quantitative estimate of drug-likeness (QED) is 0.816.